The average Bonchev–Trinajstić information content (AvgIpc) is 3.25. The molecule has 1 amide bonds. The number of phenols is 1. The van der Waals surface area contributed by atoms with Crippen molar-refractivity contribution in [1.29, 1.82) is 0 Å². The molecule has 0 saturated heterocycles. The first kappa shape index (κ1) is 20.0. The second kappa shape index (κ2) is 8.94. The van der Waals surface area contributed by atoms with Crippen LogP contribution in [-0.4, -0.2) is 30.3 Å². The Morgan fingerprint density at radius 2 is 2.00 bits per heavy atom. The number of hydrogen-bond acceptors (Lipinski definition) is 7. The minimum atomic E-state index is -0.664. The number of nitrogens with one attached hydrogen (secondary N) is 1. The minimum Gasteiger partial charge on any atom is -0.507 e. The second-order valence-electron chi connectivity index (χ2n) is 5.64. The first-order valence-electron chi connectivity index (χ1n) is 8.23. The van der Waals surface area contributed by atoms with Crippen LogP contribution in [-0.2, 0) is 0 Å². The van der Waals surface area contributed by atoms with Gasteiger partial charge in [0.05, 0.1) is 25.2 Å². The Hall–Kier alpha value is -3.78. The van der Waals surface area contributed by atoms with Crippen LogP contribution in [0.25, 0.3) is 0 Å². The van der Waals surface area contributed by atoms with Crippen molar-refractivity contribution < 1.29 is 28.6 Å². The van der Waals surface area contributed by atoms with Crippen molar-refractivity contribution in [1.82, 2.24) is 5.43 Å². The van der Waals surface area contributed by atoms with Crippen LogP contribution < -0.4 is 14.9 Å². The van der Waals surface area contributed by atoms with Crippen LogP contribution in [0.2, 0.25) is 5.02 Å². The number of amides is 1. The number of nitrogens with zero attached hydrogens (tertiary/aromatic N) is 1. The third-order valence-electron chi connectivity index (χ3n) is 3.70. The lowest BCUT2D eigenvalue weighted by Gasteiger charge is -2.09. The Balaban J connectivity index is 1.69. The minimum absolute atomic E-state index is 0.00702. The molecule has 29 heavy (non-hydrogen) atoms. The fourth-order valence-electron chi connectivity index (χ4n) is 2.31. The summed E-state index contributed by atoms with van der Waals surface area (Å²) >= 11 is 5.82. The van der Waals surface area contributed by atoms with E-state index in [1.807, 2.05) is 0 Å². The Bertz CT molecular complexity index is 1060. The summed E-state index contributed by atoms with van der Waals surface area (Å²) in [5.41, 5.74) is 2.85. The van der Waals surface area contributed by atoms with Crippen LogP contribution in [0.15, 0.2) is 64.3 Å². The molecule has 8 nitrogen and oxygen atoms in total. The first-order valence-corrected chi connectivity index (χ1v) is 8.61. The van der Waals surface area contributed by atoms with E-state index in [1.165, 1.54) is 49.9 Å². The molecule has 0 bridgehead atoms. The molecule has 2 aromatic carbocycles. The monoisotopic (exact) mass is 414 g/mol. The molecule has 2 N–H and O–H groups in total. The van der Waals surface area contributed by atoms with Gasteiger partial charge in [-0.3, -0.25) is 4.79 Å². The summed E-state index contributed by atoms with van der Waals surface area (Å²) in [5.74, 6) is -0.969. The predicted octanol–water partition coefficient (Wildman–Crippen LogP) is 3.63. The predicted molar refractivity (Wildman–Crippen MR) is 105 cm³/mol. The quantitative estimate of drug-likeness (QED) is 0.276. The number of benzene rings is 2. The summed E-state index contributed by atoms with van der Waals surface area (Å²) in [6.07, 6.45) is 2.73. The molecule has 1 aromatic heterocycles. The topological polar surface area (TPSA) is 110 Å². The summed E-state index contributed by atoms with van der Waals surface area (Å²) in [4.78, 5) is 24.1. The van der Waals surface area contributed by atoms with Gasteiger partial charge in [0.15, 0.2) is 11.5 Å². The van der Waals surface area contributed by atoms with Crippen LogP contribution >= 0.6 is 11.6 Å². The van der Waals surface area contributed by atoms with E-state index in [9.17, 15) is 14.7 Å². The van der Waals surface area contributed by atoms with Gasteiger partial charge in [-0.05, 0) is 54.1 Å². The SMILES string of the molecule is COc1cc(/C=N\NC(=O)c2cc(Cl)ccc2O)ccc1OC(=O)c1ccco1. The molecule has 9 heteroatoms. The number of furan rings is 1. The number of rotatable bonds is 6. The van der Waals surface area contributed by atoms with Gasteiger partial charge in [-0.15, -0.1) is 0 Å². The van der Waals surface area contributed by atoms with Crippen LogP contribution in [0.3, 0.4) is 0 Å². The molecule has 0 unspecified atom stereocenters. The molecule has 0 radical (unpaired) electrons. The van der Waals surface area contributed by atoms with Gasteiger partial charge in [0.25, 0.3) is 5.91 Å². The number of phenolic OH excluding ortho intramolecular Hbond substituents is 1. The van der Waals surface area contributed by atoms with Crippen molar-refractivity contribution in [3.8, 4) is 17.2 Å². The molecule has 0 aliphatic heterocycles. The highest BCUT2D eigenvalue weighted by Gasteiger charge is 2.15. The number of carbonyl (C=O) groups excluding carboxylic acids is 2. The number of hydrogen-bond donors (Lipinski definition) is 2. The van der Waals surface area contributed by atoms with Gasteiger partial charge in [-0.25, -0.2) is 10.2 Å². The zero-order valence-electron chi connectivity index (χ0n) is 15.1. The standard InChI is InChI=1S/C20H15ClN2O6/c1-27-18-9-12(4-7-16(18)29-20(26)17-3-2-8-28-17)11-22-23-19(25)14-10-13(21)5-6-15(14)24/h2-11,24H,1H3,(H,23,25)/b22-11-. The summed E-state index contributed by atoms with van der Waals surface area (Å²) in [5, 5.41) is 13.9. The highest BCUT2D eigenvalue weighted by atomic mass is 35.5. The fraction of sp³-hybridized carbons (Fsp3) is 0.0500. The molecule has 3 aromatic rings. The van der Waals surface area contributed by atoms with E-state index in [0.717, 1.165) is 0 Å². The number of hydrazone groups is 1. The maximum absolute atomic E-state index is 12.1. The Morgan fingerprint density at radius 1 is 1.17 bits per heavy atom. The van der Waals surface area contributed by atoms with Gasteiger partial charge in [0.1, 0.15) is 5.75 Å². The lowest BCUT2D eigenvalue weighted by molar-refractivity contribution is 0.0696. The highest BCUT2D eigenvalue weighted by Crippen LogP contribution is 2.28. The van der Waals surface area contributed by atoms with E-state index >= 15 is 0 Å². The summed E-state index contributed by atoms with van der Waals surface area (Å²) in [6, 6.07) is 11.9. The van der Waals surface area contributed by atoms with Crippen molar-refractivity contribution in [2.75, 3.05) is 7.11 Å². The van der Waals surface area contributed by atoms with E-state index < -0.39 is 11.9 Å². The molecule has 0 aliphatic carbocycles. The van der Waals surface area contributed by atoms with Crippen LogP contribution in [0, 0.1) is 0 Å². The molecule has 1 heterocycles. The maximum Gasteiger partial charge on any atom is 0.379 e. The summed E-state index contributed by atoms with van der Waals surface area (Å²) < 4.78 is 15.5. The molecular weight excluding hydrogens is 400 g/mol. The van der Waals surface area contributed by atoms with Gasteiger partial charge in [-0.2, -0.15) is 5.10 Å². The van der Waals surface area contributed by atoms with E-state index in [1.54, 1.807) is 18.2 Å². The fourth-order valence-corrected chi connectivity index (χ4v) is 2.48. The highest BCUT2D eigenvalue weighted by molar-refractivity contribution is 6.31. The average molecular weight is 415 g/mol. The van der Waals surface area contributed by atoms with Gasteiger partial charge < -0.3 is 19.0 Å². The molecule has 0 fully saturated rings. The van der Waals surface area contributed by atoms with Crippen LogP contribution in [0.4, 0.5) is 0 Å². The zero-order valence-corrected chi connectivity index (χ0v) is 15.8. The van der Waals surface area contributed by atoms with E-state index in [2.05, 4.69) is 10.5 Å². The third kappa shape index (κ3) is 4.94. The van der Waals surface area contributed by atoms with Gasteiger partial charge in [0.2, 0.25) is 5.76 Å². The zero-order chi connectivity index (χ0) is 20.8. The van der Waals surface area contributed by atoms with Gasteiger partial charge in [-0.1, -0.05) is 11.6 Å². The third-order valence-corrected chi connectivity index (χ3v) is 3.93. The Morgan fingerprint density at radius 3 is 2.72 bits per heavy atom. The molecular formula is C20H15ClN2O6. The van der Waals surface area contributed by atoms with Crippen molar-refractivity contribution in [2.45, 2.75) is 0 Å². The van der Waals surface area contributed by atoms with Gasteiger partial charge >= 0.3 is 5.97 Å². The van der Waals surface area contributed by atoms with Crippen molar-refractivity contribution >= 4 is 29.7 Å². The largest absolute Gasteiger partial charge is 0.507 e. The molecule has 0 atom stereocenters. The van der Waals surface area contributed by atoms with E-state index in [4.69, 9.17) is 25.5 Å². The molecule has 0 aliphatic rings. The maximum atomic E-state index is 12.1. The molecule has 148 valence electrons. The molecule has 0 saturated carbocycles. The normalized spacial score (nSPS) is 10.7. The van der Waals surface area contributed by atoms with Crippen molar-refractivity contribution in [2.24, 2.45) is 5.10 Å². The van der Waals surface area contributed by atoms with Crippen LogP contribution in [0.1, 0.15) is 26.5 Å². The number of esters is 1. The lowest BCUT2D eigenvalue weighted by Crippen LogP contribution is -2.17. The number of halogens is 1. The number of ether oxygens (including phenoxy) is 2. The van der Waals surface area contributed by atoms with Crippen LogP contribution in [0.5, 0.6) is 17.2 Å². The second-order valence-corrected chi connectivity index (χ2v) is 6.07. The lowest BCUT2D eigenvalue weighted by atomic mass is 10.2. The summed E-state index contributed by atoms with van der Waals surface area (Å²) in [7, 11) is 1.42. The number of aromatic hydroxyl groups is 1. The summed E-state index contributed by atoms with van der Waals surface area (Å²) in [6.45, 7) is 0. The Kier molecular flexibility index (Phi) is 6.16. The molecule has 0 spiro atoms. The van der Waals surface area contributed by atoms with E-state index in [-0.39, 0.29) is 28.6 Å². The Labute approximate surface area is 170 Å². The van der Waals surface area contributed by atoms with Gasteiger partial charge in [0, 0.05) is 5.02 Å². The smallest absolute Gasteiger partial charge is 0.379 e. The number of carbonyl (C=O) groups is 2. The van der Waals surface area contributed by atoms with Crippen molar-refractivity contribution in [3.63, 3.8) is 0 Å². The first-order chi connectivity index (χ1) is 14.0. The van der Waals surface area contributed by atoms with E-state index in [0.29, 0.717) is 10.6 Å². The number of methoxy groups -OCH3 is 1. The van der Waals surface area contributed by atoms with Crippen molar-refractivity contribution in [3.05, 3.63) is 76.7 Å². The molecule has 3 rings (SSSR count).